The molecule has 0 saturated heterocycles. The first kappa shape index (κ1) is 29.6. The fraction of sp³-hybridized carbons (Fsp3) is 0.957. The van der Waals surface area contributed by atoms with E-state index in [4.69, 9.17) is 14.5 Å². The normalized spacial score (nSPS) is 13.9. The van der Waals surface area contributed by atoms with Crippen LogP contribution in [-0.4, -0.2) is 39.2 Å². The summed E-state index contributed by atoms with van der Waals surface area (Å²) in [6.07, 6.45) is 17.7. The molecule has 0 fully saturated rings. The second kappa shape index (κ2) is 18.2. The smallest absolute Gasteiger partial charge is 0.325 e. The van der Waals surface area contributed by atoms with Crippen LogP contribution in [0.25, 0.3) is 0 Å². The van der Waals surface area contributed by atoms with E-state index in [1.807, 2.05) is 0 Å². The Labute approximate surface area is 184 Å². The topological polar surface area (TPSA) is 104 Å². The summed E-state index contributed by atoms with van der Waals surface area (Å²) in [5, 5.41) is 10.2. The lowest BCUT2D eigenvalue weighted by Gasteiger charge is -2.22. The van der Waals surface area contributed by atoms with Gasteiger partial charge in [0.2, 0.25) is 0 Å². The molecule has 0 heterocycles. The number of hydrogen-bond acceptors (Lipinski definition) is 4. The highest BCUT2D eigenvalue weighted by Crippen LogP contribution is 2.36. The molecule has 0 aliphatic rings. The Morgan fingerprint density at radius 3 is 1.67 bits per heavy atom. The summed E-state index contributed by atoms with van der Waals surface area (Å²) in [4.78, 5) is 29.5. The van der Waals surface area contributed by atoms with Crippen LogP contribution in [0.4, 0.5) is 0 Å². The summed E-state index contributed by atoms with van der Waals surface area (Å²) in [6, 6.07) is 0. The maximum Gasteiger partial charge on any atom is 0.325 e. The van der Waals surface area contributed by atoms with E-state index in [0.717, 1.165) is 19.3 Å². The van der Waals surface area contributed by atoms with E-state index in [-0.39, 0.29) is 25.4 Å². The first-order valence-corrected chi connectivity index (χ1v) is 13.9. The molecule has 180 valence electrons. The van der Waals surface area contributed by atoms with Crippen LogP contribution in [0.5, 0.6) is 0 Å². The number of esters is 1. The Hall–Kier alpha value is -0.420. The van der Waals surface area contributed by atoms with Gasteiger partial charge in [-0.05, 0) is 26.2 Å². The van der Waals surface area contributed by atoms with E-state index in [1.165, 1.54) is 77.6 Å². The van der Waals surface area contributed by atoms with Gasteiger partial charge in [0.05, 0.1) is 18.6 Å². The molecule has 3 N–H and O–H groups in total. The highest BCUT2D eigenvalue weighted by Gasteiger charge is 2.26. The van der Waals surface area contributed by atoms with Crippen molar-refractivity contribution < 1.29 is 29.0 Å². The van der Waals surface area contributed by atoms with Crippen LogP contribution in [0.3, 0.4) is 0 Å². The van der Waals surface area contributed by atoms with Gasteiger partial charge in [-0.3, -0.25) is 9.36 Å². The van der Waals surface area contributed by atoms with Crippen molar-refractivity contribution in [1.29, 1.82) is 0 Å². The summed E-state index contributed by atoms with van der Waals surface area (Å²) in [5.41, 5.74) is -1.29. The number of unbranched alkanes of at least 4 members (excludes halogenated alkanes) is 13. The molecule has 0 radical (unpaired) electrons. The largest absolute Gasteiger partial charge is 0.466 e. The van der Waals surface area contributed by atoms with E-state index in [0.29, 0.717) is 6.61 Å². The van der Waals surface area contributed by atoms with Crippen LogP contribution in [-0.2, 0) is 14.1 Å². The minimum Gasteiger partial charge on any atom is -0.466 e. The molecule has 1 atom stereocenters. The van der Waals surface area contributed by atoms with Crippen LogP contribution in [0.1, 0.15) is 123 Å². The van der Waals surface area contributed by atoms with Crippen molar-refractivity contribution in [2.45, 2.75) is 129 Å². The first-order chi connectivity index (χ1) is 14.2. The Balaban J connectivity index is 3.45. The molecule has 0 amide bonds. The fourth-order valence-corrected chi connectivity index (χ4v) is 4.17. The van der Waals surface area contributed by atoms with Crippen molar-refractivity contribution >= 4 is 13.6 Å². The third kappa shape index (κ3) is 22.3. The zero-order valence-corrected chi connectivity index (χ0v) is 20.3. The van der Waals surface area contributed by atoms with Gasteiger partial charge < -0.3 is 19.6 Å². The van der Waals surface area contributed by atoms with Crippen LogP contribution >= 0.6 is 7.60 Å². The summed E-state index contributed by atoms with van der Waals surface area (Å²) in [5.74, 6) is -0.453. The van der Waals surface area contributed by atoms with Crippen LogP contribution in [0.2, 0.25) is 0 Å². The van der Waals surface area contributed by atoms with Gasteiger partial charge in [0.15, 0.2) is 0 Å². The van der Waals surface area contributed by atoms with Gasteiger partial charge in [0.25, 0.3) is 0 Å². The molecule has 1 unspecified atom stereocenters. The predicted molar refractivity (Wildman–Crippen MR) is 123 cm³/mol. The number of ether oxygens (including phenoxy) is 1. The van der Waals surface area contributed by atoms with E-state index in [1.54, 1.807) is 0 Å². The van der Waals surface area contributed by atoms with Crippen molar-refractivity contribution in [2.24, 2.45) is 0 Å². The average Bonchev–Trinajstić information content (AvgIpc) is 2.63. The number of rotatable bonds is 21. The van der Waals surface area contributed by atoms with E-state index in [2.05, 4.69) is 6.92 Å². The average molecular weight is 451 g/mol. The molecule has 0 aliphatic carbocycles. The number of carbonyl (C=O) groups is 1. The van der Waals surface area contributed by atoms with Gasteiger partial charge in [-0.1, -0.05) is 90.4 Å². The highest BCUT2D eigenvalue weighted by atomic mass is 31.2. The summed E-state index contributed by atoms with van der Waals surface area (Å²) >= 11 is 0. The van der Waals surface area contributed by atoms with E-state index in [9.17, 15) is 14.5 Å². The minimum absolute atomic E-state index is 0.146. The zero-order chi connectivity index (χ0) is 22.7. The molecular weight excluding hydrogens is 403 g/mol. The maximum atomic E-state index is 11.8. The van der Waals surface area contributed by atoms with E-state index >= 15 is 0 Å². The van der Waals surface area contributed by atoms with Crippen LogP contribution < -0.4 is 0 Å². The molecule has 0 aromatic rings. The maximum absolute atomic E-state index is 11.8. The molecule has 0 aromatic carbocycles. The standard InChI is InChI=1S/C23H47O6P/c1-3-4-5-6-7-8-9-10-11-12-13-14-15-16-19-29-22(24)21-23(2,25)18-17-20-30(26,27)28/h25H,3-21H2,1-2H3,(H2,26,27,28). The lowest BCUT2D eigenvalue weighted by molar-refractivity contribution is -0.149. The molecule has 0 aliphatic heterocycles. The van der Waals surface area contributed by atoms with Gasteiger partial charge in [0.1, 0.15) is 0 Å². The van der Waals surface area contributed by atoms with Crippen LogP contribution in [0, 0.1) is 0 Å². The lowest BCUT2D eigenvalue weighted by Crippen LogP contribution is -2.29. The van der Waals surface area contributed by atoms with Gasteiger partial charge in [-0.15, -0.1) is 0 Å². The monoisotopic (exact) mass is 450 g/mol. The van der Waals surface area contributed by atoms with Crippen molar-refractivity contribution in [1.82, 2.24) is 0 Å². The Bertz CT molecular complexity index is 461. The molecule has 6 nitrogen and oxygen atoms in total. The summed E-state index contributed by atoms with van der Waals surface area (Å²) in [7, 11) is -4.06. The molecule has 0 bridgehead atoms. The first-order valence-electron chi connectivity index (χ1n) is 12.1. The van der Waals surface area contributed by atoms with Gasteiger partial charge >= 0.3 is 13.6 Å². The third-order valence-corrected chi connectivity index (χ3v) is 6.35. The lowest BCUT2D eigenvalue weighted by atomic mass is 9.97. The third-order valence-electron chi connectivity index (χ3n) is 5.45. The van der Waals surface area contributed by atoms with Crippen LogP contribution in [0.15, 0.2) is 0 Å². The number of aliphatic hydroxyl groups is 1. The quantitative estimate of drug-likeness (QED) is 0.111. The van der Waals surface area contributed by atoms with Gasteiger partial charge in [-0.2, -0.15) is 0 Å². The Morgan fingerprint density at radius 1 is 0.800 bits per heavy atom. The van der Waals surface area contributed by atoms with Crippen molar-refractivity contribution in [3.8, 4) is 0 Å². The molecule has 0 saturated carbocycles. The molecule has 0 rings (SSSR count). The van der Waals surface area contributed by atoms with Crippen molar-refractivity contribution in [3.63, 3.8) is 0 Å². The molecule has 0 aromatic heterocycles. The number of carbonyl (C=O) groups excluding carboxylic acids is 1. The summed E-state index contributed by atoms with van der Waals surface area (Å²) in [6.45, 7) is 4.12. The highest BCUT2D eigenvalue weighted by molar-refractivity contribution is 7.51. The predicted octanol–water partition coefficient (Wildman–Crippen LogP) is 6.11. The second-order valence-electron chi connectivity index (χ2n) is 8.98. The molecule has 0 spiro atoms. The van der Waals surface area contributed by atoms with Crippen molar-refractivity contribution in [3.05, 3.63) is 0 Å². The number of hydrogen-bond donors (Lipinski definition) is 3. The fourth-order valence-electron chi connectivity index (χ4n) is 3.60. The minimum atomic E-state index is -4.06. The zero-order valence-electron chi connectivity index (χ0n) is 19.4. The van der Waals surface area contributed by atoms with Crippen molar-refractivity contribution in [2.75, 3.05) is 12.8 Å². The second-order valence-corrected chi connectivity index (χ2v) is 10.8. The Morgan fingerprint density at radius 2 is 1.23 bits per heavy atom. The van der Waals surface area contributed by atoms with Gasteiger partial charge in [0, 0.05) is 6.16 Å². The van der Waals surface area contributed by atoms with E-state index < -0.39 is 19.2 Å². The molecule has 7 heteroatoms. The SMILES string of the molecule is CCCCCCCCCCCCCCCCOC(=O)CC(C)(O)CCCP(=O)(O)O. The molecule has 30 heavy (non-hydrogen) atoms. The van der Waals surface area contributed by atoms with Gasteiger partial charge in [-0.25, -0.2) is 0 Å². The summed E-state index contributed by atoms with van der Waals surface area (Å²) < 4.78 is 16.0. The molecular formula is C23H47O6P. The Kier molecular flexibility index (Phi) is 17.9.